The van der Waals surface area contributed by atoms with Crippen molar-refractivity contribution in [1.29, 1.82) is 0 Å². The molecule has 2 rings (SSSR count). The van der Waals surface area contributed by atoms with Gasteiger partial charge >= 0.3 is 0 Å². The van der Waals surface area contributed by atoms with Gasteiger partial charge in [-0.25, -0.2) is 0 Å². The molecule has 5 nitrogen and oxygen atoms in total. The molecule has 1 fully saturated rings. The molecule has 1 unspecified atom stereocenters. The van der Waals surface area contributed by atoms with Gasteiger partial charge in [0.25, 0.3) is 0 Å². The molecule has 132 valence electrons. The van der Waals surface area contributed by atoms with Gasteiger partial charge in [0.05, 0.1) is 13.2 Å². The minimum absolute atomic E-state index is 0. The maximum Gasteiger partial charge on any atom is 0.225 e. The van der Waals surface area contributed by atoms with E-state index >= 15 is 0 Å². The summed E-state index contributed by atoms with van der Waals surface area (Å²) in [6.45, 7) is 6.60. The van der Waals surface area contributed by atoms with E-state index in [1.807, 2.05) is 19.1 Å². The molecule has 1 amide bonds. The van der Waals surface area contributed by atoms with Crippen molar-refractivity contribution in [1.82, 2.24) is 4.90 Å². The predicted molar refractivity (Wildman–Crippen MR) is 98.8 cm³/mol. The van der Waals surface area contributed by atoms with Crippen molar-refractivity contribution in [2.24, 2.45) is 5.73 Å². The first-order valence-corrected chi connectivity index (χ1v) is 7.58. The van der Waals surface area contributed by atoms with Crippen LogP contribution < -0.4 is 11.1 Å². The quantitative estimate of drug-likeness (QED) is 0.811. The molecule has 23 heavy (non-hydrogen) atoms. The zero-order valence-corrected chi connectivity index (χ0v) is 15.1. The standard InChI is InChI=1S/C16H25N3O2.2ClH/c1-13(17)12-16(20)18-15-4-2-14(3-5-15)6-7-19-8-10-21-11-9-19;;/h2-5,13H,6-12,17H2,1H3,(H,18,20);2*1H. The fraction of sp³-hybridized carbons (Fsp3) is 0.562. The molecule has 1 aromatic carbocycles. The van der Waals surface area contributed by atoms with E-state index in [2.05, 4.69) is 22.3 Å². The summed E-state index contributed by atoms with van der Waals surface area (Å²) >= 11 is 0. The van der Waals surface area contributed by atoms with Crippen LogP contribution in [0, 0.1) is 0 Å². The van der Waals surface area contributed by atoms with Crippen LogP contribution >= 0.6 is 24.8 Å². The Hall–Kier alpha value is -0.850. The van der Waals surface area contributed by atoms with Crippen LogP contribution in [0.2, 0.25) is 0 Å². The molecule has 0 aromatic heterocycles. The number of hydrogen-bond acceptors (Lipinski definition) is 4. The number of nitrogens with two attached hydrogens (primary N) is 1. The van der Waals surface area contributed by atoms with Gasteiger partial charge in [-0.15, -0.1) is 24.8 Å². The molecule has 0 saturated carbocycles. The molecule has 1 atom stereocenters. The molecule has 1 aromatic rings. The number of hydrogen-bond donors (Lipinski definition) is 2. The van der Waals surface area contributed by atoms with Gasteiger partial charge in [0.2, 0.25) is 5.91 Å². The summed E-state index contributed by atoms with van der Waals surface area (Å²) in [7, 11) is 0. The lowest BCUT2D eigenvalue weighted by Crippen LogP contribution is -2.37. The molecule has 0 bridgehead atoms. The molecule has 1 aliphatic heterocycles. The van der Waals surface area contributed by atoms with Gasteiger partial charge in [-0.3, -0.25) is 9.69 Å². The van der Waals surface area contributed by atoms with Gasteiger partial charge in [0.15, 0.2) is 0 Å². The fourth-order valence-corrected chi connectivity index (χ4v) is 2.37. The van der Waals surface area contributed by atoms with Crippen molar-refractivity contribution in [3.63, 3.8) is 0 Å². The van der Waals surface area contributed by atoms with E-state index in [-0.39, 0.29) is 36.8 Å². The van der Waals surface area contributed by atoms with E-state index in [0.717, 1.165) is 45.0 Å². The average molecular weight is 364 g/mol. The van der Waals surface area contributed by atoms with Gasteiger partial charge in [-0.05, 0) is 31.0 Å². The third-order valence-corrected chi connectivity index (χ3v) is 3.57. The second-order valence-corrected chi connectivity index (χ2v) is 5.63. The number of nitrogens with zero attached hydrogens (tertiary/aromatic N) is 1. The van der Waals surface area contributed by atoms with Crippen molar-refractivity contribution in [3.05, 3.63) is 29.8 Å². The number of carbonyl (C=O) groups excluding carboxylic acids is 1. The average Bonchev–Trinajstić information content (AvgIpc) is 2.47. The van der Waals surface area contributed by atoms with Crippen molar-refractivity contribution in [2.45, 2.75) is 25.8 Å². The summed E-state index contributed by atoms with van der Waals surface area (Å²) in [6.07, 6.45) is 1.37. The van der Waals surface area contributed by atoms with Crippen LogP contribution in [0.5, 0.6) is 0 Å². The molecule has 1 aliphatic rings. The highest BCUT2D eigenvalue weighted by Crippen LogP contribution is 2.11. The summed E-state index contributed by atoms with van der Waals surface area (Å²) in [5.41, 5.74) is 7.72. The van der Waals surface area contributed by atoms with Crippen LogP contribution in [0.25, 0.3) is 0 Å². The molecule has 1 heterocycles. The van der Waals surface area contributed by atoms with E-state index in [4.69, 9.17) is 10.5 Å². The number of amides is 1. The van der Waals surface area contributed by atoms with Crippen molar-refractivity contribution in [3.8, 4) is 0 Å². The minimum Gasteiger partial charge on any atom is -0.379 e. The smallest absolute Gasteiger partial charge is 0.225 e. The number of halogens is 2. The van der Waals surface area contributed by atoms with Crippen LogP contribution in [-0.4, -0.2) is 49.7 Å². The first kappa shape index (κ1) is 22.1. The Morgan fingerprint density at radius 2 is 1.87 bits per heavy atom. The molecule has 3 N–H and O–H groups in total. The van der Waals surface area contributed by atoms with Gasteiger partial charge in [0, 0.05) is 37.8 Å². The third kappa shape index (κ3) is 8.53. The second-order valence-electron chi connectivity index (χ2n) is 5.63. The topological polar surface area (TPSA) is 67.6 Å². The van der Waals surface area contributed by atoms with Gasteiger partial charge < -0.3 is 15.8 Å². The molecule has 0 radical (unpaired) electrons. The van der Waals surface area contributed by atoms with Crippen LogP contribution in [0.1, 0.15) is 18.9 Å². The first-order valence-electron chi connectivity index (χ1n) is 7.58. The van der Waals surface area contributed by atoms with Crippen LogP contribution in [0.15, 0.2) is 24.3 Å². The van der Waals surface area contributed by atoms with E-state index in [1.165, 1.54) is 5.56 Å². The van der Waals surface area contributed by atoms with Gasteiger partial charge in [0.1, 0.15) is 0 Å². The normalized spacial score (nSPS) is 15.9. The van der Waals surface area contributed by atoms with Crippen LogP contribution in [-0.2, 0) is 16.0 Å². The lowest BCUT2D eigenvalue weighted by Gasteiger charge is -2.26. The highest BCUT2D eigenvalue weighted by atomic mass is 35.5. The van der Waals surface area contributed by atoms with Crippen molar-refractivity contribution >= 4 is 36.4 Å². The molecule has 1 saturated heterocycles. The first-order chi connectivity index (χ1) is 10.1. The maximum absolute atomic E-state index is 11.6. The summed E-state index contributed by atoms with van der Waals surface area (Å²) in [6, 6.07) is 7.93. The Kier molecular flexibility index (Phi) is 11.2. The number of benzene rings is 1. The molecular formula is C16H27Cl2N3O2. The fourth-order valence-electron chi connectivity index (χ4n) is 2.37. The SMILES string of the molecule is CC(N)CC(=O)Nc1ccc(CCN2CCOCC2)cc1.Cl.Cl. The Morgan fingerprint density at radius 1 is 1.26 bits per heavy atom. The predicted octanol–water partition coefficient (Wildman–Crippen LogP) is 2.08. The molecule has 7 heteroatoms. The monoisotopic (exact) mass is 363 g/mol. The number of ether oxygens (including phenoxy) is 1. The summed E-state index contributed by atoms with van der Waals surface area (Å²) < 4.78 is 5.34. The van der Waals surface area contributed by atoms with E-state index < -0.39 is 0 Å². The summed E-state index contributed by atoms with van der Waals surface area (Å²) in [4.78, 5) is 14.0. The Morgan fingerprint density at radius 3 is 2.43 bits per heavy atom. The number of morpholine rings is 1. The number of anilines is 1. The van der Waals surface area contributed by atoms with Gasteiger partial charge in [-0.2, -0.15) is 0 Å². The Bertz CT molecular complexity index is 449. The largest absolute Gasteiger partial charge is 0.379 e. The Labute approximate surface area is 150 Å². The lowest BCUT2D eigenvalue weighted by molar-refractivity contribution is -0.116. The zero-order valence-electron chi connectivity index (χ0n) is 13.5. The van der Waals surface area contributed by atoms with E-state index in [9.17, 15) is 4.79 Å². The maximum atomic E-state index is 11.6. The number of rotatable bonds is 6. The minimum atomic E-state index is -0.113. The lowest BCUT2D eigenvalue weighted by atomic mass is 10.1. The number of carbonyl (C=O) groups is 1. The van der Waals surface area contributed by atoms with Crippen molar-refractivity contribution in [2.75, 3.05) is 38.2 Å². The van der Waals surface area contributed by atoms with Crippen LogP contribution in [0.4, 0.5) is 5.69 Å². The van der Waals surface area contributed by atoms with Gasteiger partial charge in [-0.1, -0.05) is 12.1 Å². The second kappa shape index (κ2) is 11.6. The third-order valence-electron chi connectivity index (χ3n) is 3.57. The zero-order chi connectivity index (χ0) is 15.1. The van der Waals surface area contributed by atoms with Crippen molar-refractivity contribution < 1.29 is 9.53 Å². The summed E-state index contributed by atoms with van der Waals surface area (Å²) in [5.74, 6) is -0.0360. The Balaban J connectivity index is 0.00000242. The molecular weight excluding hydrogens is 337 g/mol. The highest BCUT2D eigenvalue weighted by Gasteiger charge is 2.10. The molecule has 0 aliphatic carbocycles. The molecule has 0 spiro atoms. The number of nitrogens with one attached hydrogen (secondary N) is 1. The van der Waals surface area contributed by atoms with E-state index in [0.29, 0.717) is 6.42 Å². The van der Waals surface area contributed by atoms with Crippen LogP contribution in [0.3, 0.4) is 0 Å². The van der Waals surface area contributed by atoms with E-state index in [1.54, 1.807) is 0 Å². The summed E-state index contributed by atoms with van der Waals surface area (Å²) in [5, 5.41) is 2.86. The highest BCUT2D eigenvalue weighted by molar-refractivity contribution is 5.91.